The van der Waals surface area contributed by atoms with Crippen molar-refractivity contribution in [1.29, 1.82) is 0 Å². The van der Waals surface area contributed by atoms with Crippen molar-refractivity contribution in [2.24, 2.45) is 10.9 Å². The maximum atomic E-state index is 13.6. The highest BCUT2D eigenvalue weighted by Gasteiger charge is 2.27. The quantitative estimate of drug-likeness (QED) is 0.366. The average molecular weight is 406 g/mol. The lowest BCUT2D eigenvalue weighted by Gasteiger charge is -2.20. The Morgan fingerprint density at radius 1 is 1.31 bits per heavy atom. The van der Waals surface area contributed by atoms with Crippen LogP contribution in [0.4, 0.5) is 4.39 Å². The highest BCUT2D eigenvalue weighted by atomic mass is 19.1. The zero-order valence-corrected chi connectivity index (χ0v) is 17.7. The molecule has 2 amide bonds. The van der Waals surface area contributed by atoms with Gasteiger partial charge in [-0.05, 0) is 38.0 Å². The molecule has 160 valence electrons. The third-order valence-corrected chi connectivity index (χ3v) is 4.78. The van der Waals surface area contributed by atoms with Crippen molar-refractivity contribution in [1.82, 2.24) is 20.9 Å². The molecule has 0 bridgehead atoms. The first-order valence-electron chi connectivity index (χ1n) is 10.2. The summed E-state index contributed by atoms with van der Waals surface area (Å²) in [6.45, 7) is 10.3. The zero-order valence-electron chi connectivity index (χ0n) is 17.7. The zero-order chi connectivity index (χ0) is 21.4. The van der Waals surface area contributed by atoms with Crippen molar-refractivity contribution in [3.63, 3.8) is 0 Å². The topological polar surface area (TPSA) is 85.8 Å². The number of halogens is 1. The van der Waals surface area contributed by atoms with Gasteiger partial charge in [-0.3, -0.25) is 14.6 Å². The van der Waals surface area contributed by atoms with Crippen molar-refractivity contribution < 1.29 is 14.0 Å². The normalized spacial score (nSPS) is 16.8. The fraction of sp³-hybridized carbons (Fsp3) is 0.571. The van der Waals surface area contributed by atoms with E-state index in [0.29, 0.717) is 43.3 Å². The van der Waals surface area contributed by atoms with Crippen LogP contribution in [0.3, 0.4) is 0 Å². The predicted molar refractivity (Wildman–Crippen MR) is 112 cm³/mol. The Labute approximate surface area is 172 Å². The molecule has 1 aromatic rings. The molecule has 2 rings (SSSR count). The number of hydrogen-bond donors (Lipinski definition) is 3. The lowest BCUT2D eigenvalue weighted by Crippen LogP contribution is -2.45. The van der Waals surface area contributed by atoms with E-state index < -0.39 is 5.82 Å². The molecule has 3 N–H and O–H groups in total. The fourth-order valence-electron chi connectivity index (χ4n) is 3.13. The Morgan fingerprint density at radius 3 is 2.72 bits per heavy atom. The smallest absolute Gasteiger partial charge is 0.251 e. The number of nitrogens with one attached hydrogen (secondary N) is 3. The highest BCUT2D eigenvalue weighted by Crippen LogP contribution is 2.12. The van der Waals surface area contributed by atoms with Gasteiger partial charge in [0.1, 0.15) is 5.82 Å². The van der Waals surface area contributed by atoms with Crippen LogP contribution in [0.1, 0.15) is 43.1 Å². The molecule has 0 saturated carbocycles. The Bertz CT molecular complexity index is 751. The van der Waals surface area contributed by atoms with Crippen LogP contribution in [0.2, 0.25) is 0 Å². The van der Waals surface area contributed by atoms with Gasteiger partial charge in [0.2, 0.25) is 5.91 Å². The van der Waals surface area contributed by atoms with Crippen LogP contribution >= 0.6 is 0 Å². The lowest BCUT2D eigenvalue weighted by molar-refractivity contribution is -0.133. The Kier molecular flexibility index (Phi) is 8.42. The molecule has 0 spiro atoms. The van der Waals surface area contributed by atoms with Gasteiger partial charge in [0, 0.05) is 43.7 Å². The second-order valence-electron chi connectivity index (χ2n) is 7.55. The Morgan fingerprint density at radius 2 is 2.07 bits per heavy atom. The third kappa shape index (κ3) is 6.73. The molecule has 8 heteroatoms. The molecule has 29 heavy (non-hydrogen) atoms. The van der Waals surface area contributed by atoms with E-state index in [-0.39, 0.29) is 23.8 Å². The monoisotopic (exact) mass is 405 g/mol. The van der Waals surface area contributed by atoms with Crippen LogP contribution in [-0.4, -0.2) is 61.4 Å². The highest BCUT2D eigenvalue weighted by molar-refractivity contribution is 5.94. The average Bonchev–Trinajstić information content (AvgIpc) is 3.14. The van der Waals surface area contributed by atoms with E-state index in [1.54, 1.807) is 19.1 Å². The molecule has 1 saturated heterocycles. The largest absolute Gasteiger partial charge is 0.357 e. The molecule has 1 aliphatic heterocycles. The van der Waals surface area contributed by atoms with Crippen molar-refractivity contribution in [3.05, 3.63) is 35.1 Å². The SMILES string of the molecule is CCNC(=NCCNC(=O)c1ccc(C)c(F)c1)NC1CCN(C(=O)C(C)C)C1. The molecule has 0 radical (unpaired) electrons. The Hall–Kier alpha value is -2.64. The molecule has 1 aliphatic rings. The first kappa shape index (κ1) is 22.6. The number of carbonyl (C=O) groups excluding carboxylic acids is 2. The van der Waals surface area contributed by atoms with E-state index in [9.17, 15) is 14.0 Å². The van der Waals surface area contributed by atoms with Gasteiger partial charge in [0.05, 0.1) is 6.54 Å². The van der Waals surface area contributed by atoms with Crippen molar-refractivity contribution in [3.8, 4) is 0 Å². The molecule has 0 aliphatic carbocycles. The van der Waals surface area contributed by atoms with Crippen LogP contribution in [0, 0.1) is 18.7 Å². The van der Waals surface area contributed by atoms with Gasteiger partial charge < -0.3 is 20.9 Å². The molecule has 1 unspecified atom stereocenters. The summed E-state index contributed by atoms with van der Waals surface area (Å²) in [7, 11) is 0. The van der Waals surface area contributed by atoms with E-state index in [0.717, 1.165) is 13.0 Å². The first-order chi connectivity index (χ1) is 13.8. The van der Waals surface area contributed by atoms with Gasteiger partial charge in [-0.15, -0.1) is 0 Å². The molecule has 0 aromatic heterocycles. The van der Waals surface area contributed by atoms with E-state index in [4.69, 9.17) is 0 Å². The minimum Gasteiger partial charge on any atom is -0.357 e. The number of aryl methyl sites for hydroxylation is 1. The molecule has 1 heterocycles. The van der Waals surface area contributed by atoms with E-state index in [1.807, 2.05) is 25.7 Å². The molecule has 1 atom stereocenters. The van der Waals surface area contributed by atoms with Gasteiger partial charge in [-0.2, -0.15) is 0 Å². The number of rotatable bonds is 7. The van der Waals surface area contributed by atoms with Crippen molar-refractivity contribution in [2.75, 3.05) is 32.7 Å². The second-order valence-corrected chi connectivity index (χ2v) is 7.55. The maximum Gasteiger partial charge on any atom is 0.251 e. The minimum atomic E-state index is -0.393. The number of guanidine groups is 1. The number of nitrogens with zero attached hydrogens (tertiary/aromatic N) is 2. The minimum absolute atomic E-state index is 0.00118. The predicted octanol–water partition coefficient (Wildman–Crippen LogP) is 1.68. The summed E-state index contributed by atoms with van der Waals surface area (Å²) in [5, 5.41) is 9.29. The van der Waals surface area contributed by atoms with E-state index in [2.05, 4.69) is 20.9 Å². The lowest BCUT2D eigenvalue weighted by atomic mass is 10.1. The fourth-order valence-corrected chi connectivity index (χ4v) is 3.13. The number of amides is 2. The van der Waals surface area contributed by atoms with E-state index >= 15 is 0 Å². The van der Waals surface area contributed by atoms with Crippen LogP contribution in [0.5, 0.6) is 0 Å². The van der Waals surface area contributed by atoms with Gasteiger partial charge in [-0.25, -0.2) is 4.39 Å². The van der Waals surface area contributed by atoms with Gasteiger partial charge in [0.25, 0.3) is 5.91 Å². The molecular weight excluding hydrogens is 373 g/mol. The molecule has 1 aromatic carbocycles. The number of hydrogen-bond acceptors (Lipinski definition) is 3. The van der Waals surface area contributed by atoms with Crippen molar-refractivity contribution >= 4 is 17.8 Å². The second kappa shape index (κ2) is 10.8. The van der Waals surface area contributed by atoms with Crippen LogP contribution < -0.4 is 16.0 Å². The number of benzene rings is 1. The van der Waals surface area contributed by atoms with Crippen LogP contribution in [-0.2, 0) is 4.79 Å². The summed E-state index contributed by atoms with van der Waals surface area (Å²) in [5.74, 6) is 0.117. The summed E-state index contributed by atoms with van der Waals surface area (Å²) in [5.41, 5.74) is 0.802. The molecular formula is C21H32FN5O2. The van der Waals surface area contributed by atoms with Gasteiger partial charge in [-0.1, -0.05) is 19.9 Å². The summed E-state index contributed by atoms with van der Waals surface area (Å²) >= 11 is 0. The summed E-state index contributed by atoms with van der Waals surface area (Å²) < 4.78 is 13.6. The van der Waals surface area contributed by atoms with Gasteiger partial charge >= 0.3 is 0 Å². The third-order valence-electron chi connectivity index (χ3n) is 4.78. The summed E-state index contributed by atoms with van der Waals surface area (Å²) in [6, 6.07) is 4.59. The van der Waals surface area contributed by atoms with E-state index in [1.165, 1.54) is 6.07 Å². The number of likely N-dealkylation sites (tertiary alicyclic amines) is 1. The Balaban J connectivity index is 1.82. The van der Waals surface area contributed by atoms with Crippen molar-refractivity contribution in [2.45, 2.75) is 40.2 Å². The number of aliphatic imine (C=N–C) groups is 1. The number of carbonyl (C=O) groups is 2. The maximum absolute atomic E-state index is 13.6. The molecule has 1 fully saturated rings. The van der Waals surface area contributed by atoms with Crippen LogP contribution in [0.15, 0.2) is 23.2 Å². The molecule has 7 nitrogen and oxygen atoms in total. The van der Waals surface area contributed by atoms with Gasteiger partial charge in [0.15, 0.2) is 5.96 Å². The first-order valence-corrected chi connectivity index (χ1v) is 10.2. The summed E-state index contributed by atoms with van der Waals surface area (Å²) in [6.07, 6.45) is 0.874. The summed E-state index contributed by atoms with van der Waals surface area (Å²) in [4.78, 5) is 30.6. The van der Waals surface area contributed by atoms with Crippen LogP contribution in [0.25, 0.3) is 0 Å². The standard InChI is InChI=1S/C21H32FN5O2/c1-5-23-21(26-17-8-11-27(13-17)20(29)14(2)3)25-10-9-24-19(28)16-7-6-15(4)18(22)12-16/h6-7,12,14,17H,5,8-11,13H2,1-4H3,(H,24,28)(H2,23,25,26).